The molecule has 3 aliphatic rings. The van der Waals surface area contributed by atoms with Crippen molar-refractivity contribution in [3.8, 4) is 11.5 Å². The van der Waals surface area contributed by atoms with E-state index in [2.05, 4.69) is 5.10 Å². The van der Waals surface area contributed by atoms with Gasteiger partial charge in [-0.2, -0.15) is 5.10 Å². The van der Waals surface area contributed by atoms with Crippen molar-refractivity contribution in [1.82, 2.24) is 9.91 Å². The number of hydrazone groups is 1. The van der Waals surface area contributed by atoms with E-state index in [4.69, 9.17) is 14.2 Å². The minimum atomic E-state index is -0.360. The van der Waals surface area contributed by atoms with E-state index in [0.29, 0.717) is 42.3 Å². The molecule has 0 aromatic heterocycles. The van der Waals surface area contributed by atoms with E-state index in [1.807, 2.05) is 23.1 Å². The Labute approximate surface area is 203 Å². The Bertz CT molecular complexity index is 1150. The fourth-order valence-corrected chi connectivity index (χ4v) is 4.88. The van der Waals surface area contributed by atoms with Crippen LogP contribution in [0, 0.1) is 11.7 Å². The third kappa shape index (κ3) is 5.00. The number of benzene rings is 2. The summed E-state index contributed by atoms with van der Waals surface area (Å²) in [4.78, 5) is 27.7. The molecular formula is C26H28FN3O5. The summed E-state index contributed by atoms with van der Waals surface area (Å²) in [5.74, 6) is 0.315. The largest absolute Gasteiger partial charge is 0.466 e. The zero-order chi connectivity index (χ0) is 24.4. The minimum absolute atomic E-state index is 0.136. The summed E-state index contributed by atoms with van der Waals surface area (Å²) < 4.78 is 30.0. The third-order valence-electron chi connectivity index (χ3n) is 6.59. The number of piperidine rings is 1. The number of halogens is 1. The van der Waals surface area contributed by atoms with E-state index >= 15 is 0 Å². The highest BCUT2D eigenvalue weighted by molar-refractivity contribution is 6.03. The number of carbonyl (C=O) groups is 2. The van der Waals surface area contributed by atoms with Crippen LogP contribution in [0.25, 0.3) is 0 Å². The molecule has 184 valence electrons. The molecule has 9 heteroatoms. The van der Waals surface area contributed by atoms with Crippen LogP contribution in [0.4, 0.5) is 4.39 Å². The molecule has 0 N–H and O–H groups in total. The number of amides is 1. The molecule has 1 amide bonds. The van der Waals surface area contributed by atoms with Gasteiger partial charge >= 0.3 is 5.97 Å². The predicted molar refractivity (Wildman–Crippen MR) is 126 cm³/mol. The van der Waals surface area contributed by atoms with Crippen molar-refractivity contribution in [3.05, 3.63) is 59.4 Å². The first-order chi connectivity index (χ1) is 17.0. The molecular weight excluding hydrogens is 453 g/mol. The van der Waals surface area contributed by atoms with Crippen LogP contribution in [0.1, 0.15) is 43.4 Å². The average Bonchev–Trinajstić information content (AvgIpc) is 3.51. The molecule has 3 aliphatic heterocycles. The first-order valence-electron chi connectivity index (χ1n) is 12.0. The number of carbonyl (C=O) groups excluding carboxylic acids is 2. The van der Waals surface area contributed by atoms with Crippen LogP contribution in [0.5, 0.6) is 11.5 Å². The van der Waals surface area contributed by atoms with Crippen molar-refractivity contribution in [1.29, 1.82) is 0 Å². The number of nitrogens with zero attached hydrogens (tertiary/aromatic N) is 3. The van der Waals surface area contributed by atoms with E-state index in [-0.39, 0.29) is 43.0 Å². The van der Waals surface area contributed by atoms with Crippen LogP contribution in [0.3, 0.4) is 0 Å². The number of hydrogen-bond acceptors (Lipinski definition) is 7. The number of rotatable bonds is 6. The standard InChI is InChI=1S/C26H28FN3O5/c1-2-33-26(32)19-6-4-10-29(14-19)15-25(31)30-22(18-8-9-23-24(12-18)35-16-34-23)13-21(28-30)17-5-3-7-20(27)11-17/h3,5,7-9,11-12,19,22H,2,4,6,10,13-16H2,1H3/t19-,22+/m1/s1. The summed E-state index contributed by atoms with van der Waals surface area (Å²) >= 11 is 0. The van der Waals surface area contributed by atoms with Gasteiger partial charge in [0.05, 0.1) is 30.8 Å². The molecule has 5 rings (SSSR count). The second-order valence-electron chi connectivity index (χ2n) is 8.95. The van der Waals surface area contributed by atoms with Crippen LogP contribution < -0.4 is 9.47 Å². The maximum atomic E-state index is 13.9. The molecule has 0 spiro atoms. The van der Waals surface area contributed by atoms with Crippen molar-refractivity contribution >= 4 is 17.6 Å². The van der Waals surface area contributed by atoms with Gasteiger partial charge in [0, 0.05) is 18.5 Å². The lowest BCUT2D eigenvalue weighted by atomic mass is 9.97. The van der Waals surface area contributed by atoms with Crippen molar-refractivity contribution in [2.24, 2.45) is 11.0 Å². The van der Waals surface area contributed by atoms with E-state index in [1.54, 1.807) is 19.1 Å². The normalized spacial score (nSPS) is 21.7. The second kappa shape index (κ2) is 10.0. The molecule has 8 nitrogen and oxygen atoms in total. The minimum Gasteiger partial charge on any atom is -0.466 e. The zero-order valence-corrected chi connectivity index (χ0v) is 19.6. The van der Waals surface area contributed by atoms with Crippen LogP contribution in [-0.4, -0.2) is 60.5 Å². The lowest BCUT2D eigenvalue weighted by molar-refractivity contribution is -0.150. The van der Waals surface area contributed by atoms with Gasteiger partial charge in [-0.1, -0.05) is 18.2 Å². The Morgan fingerprint density at radius 2 is 2.03 bits per heavy atom. The van der Waals surface area contributed by atoms with Gasteiger partial charge in [-0.3, -0.25) is 14.5 Å². The van der Waals surface area contributed by atoms with E-state index in [9.17, 15) is 14.0 Å². The molecule has 35 heavy (non-hydrogen) atoms. The Morgan fingerprint density at radius 3 is 2.86 bits per heavy atom. The van der Waals surface area contributed by atoms with Gasteiger partial charge in [0.15, 0.2) is 11.5 Å². The molecule has 2 aromatic rings. The summed E-state index contributed by atoms with van der Waals surface area (Å²) in [5.41, 5.74) is 2.15. The number of ether oxygens (including phenoxy) is 3. The first-order valence-corrected chi connectivity index (χ1v) is 12.0. The third-order valence-corrected chi connectivity index (χ3v) is 6.59. The summed E-state index contributed by atoms with van der Waals surface area (Å²) in [5, 5.41) is 6.13. The van der Waals surface area contributed by atoms with E-state index < -0.39 is 0 Å². The van der Waals surface area contributed by atoms with Gasteiger partial charge in [-0.05, 0) is 56.1 Å². The topological polar surface area (TPSA) is 80.7 Å². The number of fused-ring (bicyclic) bond motifs is 1. The second-order valence-corrected chi connectivity index (χ2v) is 8.95. The number of esters is 1. The highest BCUT2D eigenvalue weighted by Gasteiger charge is 2.36. The van der Waals surface area contributed by atoms with Crippen molar-refractivity contribution < 1.29 is 28.2 Å². The zero-order valence-electron chi connectivity index (χ0n) is 19.6. The van der Waals surface area contributed by atoms with Gasteiger partial charge in [0.2, 0.25) is 6.79 Å². The highest BCUT2D eigenvalue weighted by atomic mass is 19.1. The Morgan fingerprint density at radius 1 is 1.17 bits per heavy atom. The van der Waals surface area contributed by atoms with Gasteiger partial charge in [0.25, 0.3) is 5.91 Å². The number of hydrogen-bond donors (Lipinski definition) is 0. The van der Waals surface area contributed by atoms with Gasteiger partial charge < -0.3 is 14.2 Å². The van der Waals surface area contributed by atoms with Gasteiger partial charge in [-0.25, -0.2) is 9.40 Å². The van der Waals surface area contributed by atoms with Crippen molar-refractivity contribution in [2.45, 2.75) is 32.2 Å². The summed E-state index contributed by atoms with van der Waals surface area (Å²) in [6, 6.07) is 11.5. The Hall–Kier alpha value is -3.46. The molecule has 1 fully saturated rings. The monoisotopic (exact) mass is 481 g/mol. The van der Waals surface area contributed by atoms with Crippen LogP contribution in [0.2, 0.25) is 0 Å². The van der Waals surface area contributed by atoms with E-state index in [1.165, 1.54) is 17.1 Å². The van der Waals surface area contributed by atoms with Gasteiger partial charge in [0.1, 0.15) is 5.82 Å². The summed E-state index contributed by atoms with van der Waals surface area (Å²) in [7, 11) is 0. The Balaban J connectivity index is 1.38. The maximum absolute atomic E-state index is 13.9. The lowest BCUT2D eigenvalue weighted by Gasteiger charge is -2.32. The van der Waals surface area contributed by atoms with Crippen LogP contribution >= 0.6 is 0 Å². The molecule has 0 saturated carbocycles. The molecule has 1 saturated heterocycles. The first kappa shape index (κ1) is 23.3. The Kier molecular flexibility index (Phi) is 6.68. The summed E-state index contributed by atoms with van der Waals surface area (Å²) in [6.07, 6.45) is 2.02. The molecule has 0 bridgehead atoms. The fraction of sp³-hybridized carbons (Fsp3) is 0.423. The van der Waals surface area contributed by atoms with Crippen LogP contribution in [-0.2, 0) is 14.3 Å². The molecule has 0 radical (unpaired) electrons. The van der Waals surface area contributed by atoms with Crippen molar-refractivity contribution in [2.75, 3.05) is 33.0 Å². The molecule has 0 aliphatic carbocycles. The quantitative estimate of drug-likeness (QED) is 0.588. The maximum Gasteiger partial charge on any atom is 0.310 e. The summed E-state index contributed by atoms with van der Waals surface area (Å²) in [6.45, 7) is 3.64. The number of likely N-dealkylation sites (tertiary alicyclic amines) is 1. The average molecular weight is 482 g/mol. The SMILES string of the molecule is CCOC(=O)[C@@H]1CCCN(CC(=O)N2N=C(c3cccc(F)c3)C[C@H]2c2ccc3c(c2)OCO3)C1. The molecule has 0 unspecified atom stereocenters. The van der Waals surface area contributed by atoms with E-state index in [0.717, 1.165) is 24.9 Å². The predicted octanol–water partition coefficient (Wildman–Crippen LogP) is 3.51. The lowest BCUT2D eigenvalue weighted by Crippen LogP contribution is -2.44. The van der Waals surface area contributed by atoms with Crippen molar-refractivity contribution in [3.63, 3.8) is 0 Å². The highest BCUT2D eigenvalue weighted by Crippen LogP contribution is 2.39. The molecule has 2 aromatic carbocycles. The molecule has 2 atom stereocenters. The fourth-order valence-electron chi connectivity index (χ4n) is 4.88. The smallest absolute Gasteiger partial charge is 0.310 e. The van der Waals surface area contributed by atoms with Gasteiger partial charge in [-0.15, -0.1) is 0 Å². The van der Waals surface area contributed by atoms with Crippen LogP contribution in [0.15, 0.2) is 47.6 Å². The molecule has 3 heterocycles.